The van der Waals surface area contributed by atoms with E-state index < -0.39 is 15.8 Å². The van der Waals surface area contributed by atoms with E-state index in [9.17, 15) is 12.8 Å². The molecule has 0 bridgehead atoms. The summed E-state index contributed by atoms with van der Waals surface area (Å²) in [7, 11) is -3.86. The summed E-state index contributed by atoms with van der Waals surface area (Å²) in [5.74, 6) is -0.643. The number of aromatic nitrogens is 1. The van der Waals surface area contributed by atoms with E-state index in [-0.39, 0.29) is 17.1 Å². The van der Waals surface area contributed by atoms with E-state index in [0.29, 0.717) is 16.7 Å². The highest BCUT2D eigenvalue weighted by molar-refractivity contribution is 9.10. The molecular formula is C13H15BrFN3O2S. The summed E-state index contributed by atoms with van der Waals surface area (Å²) >= 11 is 3.18. The van der Waals surface area contributed by atoms with E-state index in [1.165, 1.54) is 30.5 Å². The topological polar surface area (TPSA) is 77.1 Å². The van der Waals surface area contributed by atoms with Gasteiger partial charge in [-0.05, 0) is 31.2 Å². The summed E-state index contributed by atoms with van der Waals surface area (Å²) in [6, 6.07) is 5.53. The predicted molar refractivity (Wildman–Crippen MR) is 82.9 cm³/mol. The normalized spacial score (nSPS) is 11.6. The molecule has 8 heteroatoms. The van der Waals surface area contributed by atoms with Gasteiger partial charge < -0.3 is 10.3 Å². The van der Waals surface area contributed by atoms with E-state index in [1.54, 1.807) is 4.57 Å². The van der Waals surface area contributed by atoms with Gasteiger partial charge in [0.05, 0.1) is 5.69 Å². The van der Waals surface area contributed by atoms with Gasteiger partial charge in [0.25, 0.3) is 10.0 Å². The van der Waals surface area contributed by atoms with E-state index in [2.05, 4.69) is 20.7 Å². The van der Waals surface area contributed by atoms with Gasteiger partial charge in [-0.25, -0.2) is 12.8 Å². The summed E-state index contributed by atoms with van der Waals surface area (Å²) in [6.07, 6.45) is 1.49. The third kappa shape index (κ3) is 3.45. The molecule has 1 aromatic carbocycles. The molecule has 0 fully saturated rings. The lowest BCUT2D eigenvalue weighted by Gasteiger charge is -2.08. The minimum atomic E-state index is -3.86. The number of anilines is 1. The van der Waals surface area contributed by atoms with Crippen LogP contribution in [0.25, 0.3) is 0 Å². The van der Waals surface area contributed by atoms with Crippen molar-refractivity contribution < 1.29 is 12.8 Å². The number of hydrogen-bond acceptors (Lipinski definition) is 3. The van der Waals surface area contributed by atoms with Crippen molar-refractivity contribution in [2.75, 3.05) is 4.72 Å². The van der Waals surface area contributed by atoms with Crippen molar-refractivity contribution in [2.24, 2.45) is 5.73 Å². The van der Waals surface area contributed by atoms with E-state index in [1.807, 2.05) is 6.92 Å². The van der Waals surface area contributed by atoms with Crippen LogP contribution in [0.5, 0.6) is 0 Å². The van der Waals surface area contributed by atoms with Crippen molar-refractivity contribution in [1.82, 2.24) is 4.57 Å². The number of nitrogens with zero attached hydrogens (tertiary/aromatic N) is 1. The van der Waals surface area contributed by atoms with Crippen LogP contribution in [0.1, 0.15) is 12.6 Å². The Morgan fingerprint density at radius 2 is 2.10 bits per heavy atom. The number of rotatable bonds is 5. The first-order valence-electron chi connectivity index (χ1n) is 6.24. The fourth-order valence-electron chi connectivity index (χ4n) is 1.92. The van der Waals surface area contributed by atoms with Gasteiger partial charge in [0.2, 0.25) is 0 Å². The van der Waals surface area contributed by atoms with Gasteiger partial charge in [0.15, 0.2) is 0 Å². The maximum atomic E-state index is 13.7. The summed E-state index contributed by atoms with van der Waals surface area (Å²) in [6.45, 7) is 2.72. The van der Waals surface area contributed by atoms with Crippen LogP contribution in [0.15, 0.2) is 39.8 Å². The first-order valence-corrected chi connectivity index (χ1v) is 8.52. The predicted octanol–water partition coefficient (Wildman–Crippen LogP) is 2.67. The monoisotopic (exact) mass is 375 g/mol. The zero-order valence-electron chi connectivity index (χ0n) is 11.3. The van der Waals surface area contributed by atoms with Crippen LogP contribution < -0.4 is 10.5 Å². The number of sulfonamides is 1. The molecule has 114 valence electrons. The van der Waals surface area contributed by atoms with E-state index in [4.69, 9.17) is 5.73 Å². The van der Waals surface area contributed by atoms with Gasteiger partial charge in [0.1, 0.15) is 10.7 Å². The average molecular weight is 376 g/mol. The smallest absolute Gasteiger partial charge is 0.263 e. The van der Waals surface area contributed by atoms with Gasteiger partial charge >= 0.3 is 0 Å². The molecule has 1 heterocycles. The number of nitrogens with two attached hydrogens (primary N) is 1. The number of nitrogens with one attached hydrogen (secondary N) is 1. The zero-order chi connectivity index (χ0) is 15.6. The molecule has 3 N–H and O–H groups in total. The van der Waals surface area contributed by atoms with E-state index in [0.717, 1.165) is 0 Å². The van der Waals surface area contributed by atoms with Crippen LogP contribution in [0.2, 0.25) is 0 Å². The van der Waals surface area contributed by atoms with Crippen molar-refractivity contribution in [3.8, 4) is 0 Å². The highest BCUT2D eigenvalue weighted by Gasteiger charge is 2.19. The van der Waals surface area contributed by atoms with Crippen LogP contribution >= 0.6 is 15.9 Å². The second-order valence-corrected chi connectivity index (χ2v) is 6.99. The SMILES string of the molecule is CCn1cc(S(=O)(=O)Nc2cc(Br)ccc2F)cc1CN. The second kappa shape index (κ2) is 6.17. The number of hydrogen-bond donors (Lipinski definition) is 2. The van der Waals surface area contributed by atoms with Crippen molar-refractivity contribution in [3.63, 3.8) is 0 Å². The largest absolute Gasteiger partial charge is 0.349 e. The Bertz CT molecular complexity index is 737. The third-order valence-electron chi connectivity index (χ3n) is 2.99. The minimum Gasteiger partial charge on any atom is -0.349 e. The molecule has 0 amide bonds. The Kier molecular flexibility index (Phi) is 4.70. The lowest BCUT2D eigenvalue weighted by atomic mass is 10.3. The molecule has 0 aliphatic rings. The molecule has 21 heavy (non-hydrogen) atoms. The van der Waals surface area contributed by atoms with Crippen LogP contribution in [-0.2, 0) is 23.1 Å². The lowest BCUT2D eigenvalue weighted by molar-refractivity contribution is 0.598. The van der Waals surface area contributed by atoms with Crippen LogP contribution in [-0.4, -0.2) is 13.0 Å². The molecule has 5 nitrogen and oxygen atoms in total. The van der Waals surface area contributed by atoms with Gasteiger partial charge in [-0.3, -0.25) is 4.72 Å². The Labute approximate surface area is 131 Å². The fraction of sp³-hybridized carbons (Fsp3) is 0.231. The molecule has 2 rings (SSSR count). The highest BCUT2D eigenvalue weighted by atomic mass is 79.9. The first kappa shape index (κ1) is 16.0. The van der Waals surface area contributed by atoms with Gasteiger partial charge in [-0.1, -0.05) is 15.9 Å². The molecular weight excluding hydrogens is 361 g/mol. The Balaban J connectivity index is 2.38. The Hall–Kier alpha value is -1.38. The van der Waals surface area contributed by atoms with Gasteiger partial charge in [-0.2, -0.15) is 0 Å². The fourth-order valence-corrected chi connectivity index (χ4v) is 3.40. The minimum absolute atomic E-state index is 0.0594. The molecule has 0 unspecified atom stereocenters. The molecule has 0 atom stereocenters. The molecule has 1 aromatic heterocycles. The van der Waals surface area contributed by atoms with Gasteiger partial charge in [-0.15, -0.1) is 0 Å². The molecule has 0 spiro atoms. The number of halogens is 2. The first-order chi connectivity index (χ1) is 9.87. The van der Waals surface area contributed by atoms with Crippen LogP contribution in [0.4, 0.5) is 10.1 Å². The van der Waals surface area contributed by atoms with Crippen molar-refractivity contribution in [1.29, 1.82) is 0 Å². The summed E-state index contributed by atoms with van der Waals surface area (Å²) in [5, 5.41) is 0. The highest BCUT2D eigenvalue weighted by Crippen LogP contribution is 2.24. The van der Waals surface area contributed by atoms with Crippen LogP contribution in [0.3, 0.4) is 0 Å². The van der Waals surface area contributed by atoms with E-state index >= 15 is 0 Å². The number of aryl methyl sites for hydroxylation is 1. The van der Waals surface area contributed by atoms with Crippen molar-refractivity contribution in [2.45, 2.75) is 24.9 Å². The summed E-state index contributed by atoms with van der Waals surface area (Å²) in [5.41, 5.74) is 6.17. The molecule has 0 radical (unpaired) electrons. The molecule has 0 aliphatic carbocycles. The molecule has 0 saturated heterocycles. The second-order valence-electron chi connectivity index (χ2n) is 4.39. The maximum absolute atomic E-state index is 13.7. The molecule has 0 saturated carbocycles. The quantitative estimate of drug-likeness (QED) is 0.843. The van der Waals surface area contributed by atoms with Crippen LogP contribution in [0, 0.1) is 5.82 Å². The van der Waals surface area contributed by atoms with Crippen molar-refractivity contribution in [3.05, 3.63) is 46.4 Å². The Morgan fingerprint density at radius 3 is 2.67 bits per heavy atom. The lowest BCUT2D eigenvalue weighted by Crippen LogP contribution is -2.13. The Morgan fingerprint density at radius 1 is 1.38 bits per heavy atom. The maximum Gasteiger partial charge on any atom is 0.263 e. The third-order valence-corrected chi connectivity index (χ3v) is 4.82. The van der Waals surface area contributed by atoms with Gasteiger partial charge in [0, 0.05) is 29.5 Å². The summed E-state index contributed by atoms with van der Waals surface area (Å²) in [4.78, 5) is 0.0594. The zero-order valence-corrected chi connectivity index (χ0v) is 13.7. The average Bonchev–Trinajstić information content (AvgIpc) is 2.86. The standard InChI is InChI=1S/C13H15BrFN3O2S/c1-2-18-8-11(6-10(18)7-16)21(19,20)17-13-5-9(14)3-4-12(13)15/h3-6,8,17H,2,7,16H2,1H3. The number of benzene rings is 1. The van der Waals surface area contributed by atoms with Crippen molar-refractivity contribution >= 4 is 31.6 Å². The molecule has 2 aromatic rings. The summed E-state index contributed by atoms with van der Waals surface area (Å²) < 4.78 is 42.9. The molecule has 0 aliphatic heterocycles.